The second kappa shape index (κ2) is 93.5. The number of methoxy groups -OCH3 is 4. The maximum Gasteiger partial charge on any atom is 0.305 e. The predicted octanol–water partition coefficient (Wildman–Crippen LogP) is 26.2. The summed E-state index contributed by atoms with van der Waals surface area (Å²) < 4.78 is 18.5. The van der Waals surface area contributed by atoms with Gasteiger partial charge in [-0.1, -0.05) is 316 Å². The number of carbonyl (C=O) groups excluding carboxylic acids is 4. The third-order valence-electron chi connectivity index (χ3n) is 14.9. The standard InChI is InChI=1S/C19H38O2.C19H36O2.C19H34O2.C19H32O2.3CH4/c4*1-3-4-5-6-7-8-9-10-11-12-13-14-15-16-17-18-19(20)21-2;;;/h3-18H2,1-2H3;10-11H,3-9,12-18H2,1-2H3;7-8,10-11H,3-6,9,12-18H2,1-2H3;4-5,7-8,10-11H,3,6,9,12-18H2,1-2H3;3*1H4/b;11-10-;8-7-,11-10-;5-4-,8-7-,11-10-;;;. The molecule has 0 atom stereocenters. The number of allylic oxidation sites excluding steroid dienone is 12. The quantitative estimate of drug-likeness (QED) is 0.0257. The average Bonchev–Trinajstić information content (AvgIpc) is 3.51. The summed E-state index contributed by atoms with van der Waals surface area (Å²) in [5.74, 6) is -0.311. The normalized spacial score (nSPS) is 10.9. The van der Waals surface area contributed by atoms with Crippen LogP contribution in [-0.2, 0) is 38.1 Å². The average molecular weight is 1230 g/mol. The minimum atomic E-state index is -0.0869. The Morgan fingerprint density at radius 3 is 0.598 bits per heavy atom. The summed E-state index contributed by atoms with van der Waals surface area (Å²) in [5.41, 5.74) is 0. The van der Waals surface area contributed by atoms with Gasteiger partial charge in [-0.05, 0) is 116 Å². The summed E-state index contributed by atoms with van der Waals surface area (Å²) >= 11 is 0. The van der Waals surface area contributed by atoms with Crippen LogP contribution in [0.5, 0.6) is 0 Å². The highest BCUT2D eigenvalue weighted by Crippen LogP contribution is 2.16. The van der Waals surface area contributed by atoms with Crippen LogP contribution in [0, 0.1) is 0 Å². The van der Waals surface area contributed by atoms with Crippen molar-refractivity contribution in [1.82, 2.24) is 0 Å². The lowest BCUT2D eigenvalue weighted by molar-refractivity contribution is -0.141. The van der Waals surface area contributed by atoms with Gasteiger partial charge in [0.25, 0.3) is 0 Å². The number of hydrogen-bond donors (Lipinski definition) is 0. The summed E-state index contributed by atoms with van der Waals surface area (Å²) in [5, 5.41) is 0. The van der Waals surface area contributed by atoms with Gasteiger partial charge < -0.3 is 18.9 Å². The van der Waals surface area contributed by atoms with Gasteiger partial charge in [-0.2, -0.15) is 0 Å². The molecule has 0 rings (SSSR count). The van der Waals surface area contributed by atoms with Gasteiger partial charge in [-0.15, -0.1) is 0 Å². The predicted molar refractivity (Wildman–Crippen MR) is 386 cm³/mol. The SMILES string of the molecule is C.C.C.CC/C=C\C/C=C\C/C=C\CCCCCCCC(=O)OC.CCCCC/C=C\C/C=C\CCCCCCCC(=O)OC.CCCCCCCC/C=C\CCCCCCCC(=O)OC.CCCCCCCCCCCCCCCCCC(=O)OC. The van der Waals surface area contributed by atoms with Crippen LogP contribution < -0.4 is 0 Å². The summed E-state index contributed by atoms with van der Waals surface area (Å²) in [4.78, 5) is 43.7. The molecule has 0 saturated heterocycles. The lowest BCUT2D eigenvalue weighted by Gasteiger charge is -2.03. The molecule has 0 unspecified atom stereocenters. The fourth-order valence-corrected chi connectivity index (χ4v) is 9.36. The molecule has 0 amide bonds. The zero-order chi connectivity index (χ0) is 62.4. The Hall–Kier alpha value is -3.68. The van der Waals surface area contributed by atoms with E-state index in [9.17, 15) is 19.2 Å². The first-order valence-corrected chi connectivity index (χ1v) is 35.4. The molecule has 516 valence electrons. The third kappa shape index (κ3) is 102. The van der Waals surface area contributed by atoms with Crippen LogP contribution in [-0.4, -0.2) is 52.3 Å². The van der Waals surface area contributed by atoms with Crippen molar-refractivity contribution in [3.05, 3.63) is 72.9 Å². The second-order valence-electron chi connectivity index (χ2n) is 22.9. The molecule has 0 aliphatic heterocycles. The maximum atomic E-state index is 10.9. The molecule has 87 heavy (non-hydrogen) atoms. The summed E-state index contributed by atoms with van der Waals surface area (Å²) in [6.45, 7) is 8.94. The van der Waals surface area contributed by atoms with Gasteiger partial charge in [0.15, 0.2) is 0 Å². The Labute approximate surface area is 544 Å². The maximum absolute atomic E-state index is 10.9. The molecule has 0 spiro atoms. The summed E-state index contributed by atoms with van der Waals surface area (Å²) in [6.07, 6.45) is 90.1. The Balaban J connectivity index is -0.000000194. The van der Waals surface area contributed by atoms with E-state index < -0.39 is 0 Å². The molecule has 0 aliphatic rings. The number of hydrogen-bond acceptors (Lipinski definition) is 8. The van der Waals surface area contributed by atoms with Crippen LogP contribution in [0.3, 0.4) is 0 Å². The Morgan fingerprint density at radius 1 is 0.218 bits per heavy atom. The minimum Gasteiger partial charge on any atom is -0.469 e. The molecular formula is C79H152O8. The van der Waals surface area contributed by atoms with Crippen LogP contribution in [0.1, 0.15) is 384 Å². The largest absolute Gasteiger partial charge is 0.469 e. The number of ether oxygens (including phenoxy) is 4. The first kappa shape index (κ1) is 96.9. The van der Waals surface area contributed by atoms with Gasteiger partial charge in [0.05, 0.1) is 28.4 Å². The van der Waals surface area contributed by atoms with Crippen LogP contribution in [0.25, 0.3) is 0 Å². The van der Waals surface area contributed by atoms with Gasteiger partial charge in [0.2, 0.25) is 0 Å². The van der Waals surface area contributed by atoms with Crippen molar-refractivity contribution in [2.75, 3.05) is 28.4 Å². The molecule has 0 aromatic carbocycles. The zero-order valence-corrected chi connectivity index (χ0v) is 57.0. The van der Waals surface area contributed by atoms with Crippen molar-refractivity contribution in [3.63, 3.8) is 0 Å². The molecule has 0 heterocycles. The highest BCUT2D eigenvalue weighted by atomic mass is 16.5. The van der Waals surface area contributed by atoms with E-state index in [-0.39, 0.29) is 46.2 Å². The van der Waals surface area contributed by atoms with Gasteiger partial charge in [-0.3, -0.25) is 19.2 Å². The van der Waals surface area contributed by atoms with Crippen molar-refractivity contribution in [3.8, 4) is 0 Å². The van der Waals surface area contributed by atoms with E-state index in [1.165, 1.54) is 266 Å². The van der Waals surface area contributed by atoms with Crippen LogP contribution >= 0.6 is 0 Å². The zero-order valence-electron chi connectivity index (χ0n) is 57.0. The van der Waals surface area contributed by atoms with Crippen LogP contribution in [0.15, 0.2) is 72.9 Å². The first-order chi connectivity index (χ1) is 41.2. The minimum absolute atomic E-state index is 0. The van der Waals surface area contributed by atoms with Crippen molar-refractivity contribution in [2.45, 2.75) is 384 Å². The second-order valence-corrected chi connectivity index (χ2v) is 22.9. The number of unbranched alkanes of at least 4 members (excludes halogenated alkanes) is 38. The monoisotopic (exact) mass is 1230 g/mol. The molecule has 0 saturated carbocycles. The Bertz CT molecular complexity index is 1490. The van der Waals surface area contributed by atoms with E-state index in [0.29, 0.717) is 25.7 Å². The fourth-order valence-electron chi connectivity index (χ4n) is 9.36. The smallest absolute Gasteiger partial charge is 0.305 e. The van der Waals surface area contributed by atoms with Crippen LogP contribution in [0.2, 0.25) is 0 Å². The van der Waals surface area contributed by atoms with Crippen molar-refractivity contribution >= 4 is 23.9 Å². The van der Waals surface area contributed by atoms with E-state index in [0.717, 1.165) is 70.6 Å². The van der Waals surface area contributed by atoms with Crippen molar-refractivity contribution in [1.29, 1.82) is 0 Å². The van der Waals surface area contributed by atoms with E-state index in [4.69, 9.17) is 0 Å². The van der Waals surface area contributed by atoms with Gasteiger partial charge >= 0.3 is 23.9 Å². The lowest BCUT2D eigenvalue weighted by Crippen LogP contribution is -1.99. The molecule has 0 fully saturated rings. The topological polar surface area (TPSA) is 105 Å². The molecule has 0 aliphatic carbocycles. The number of carbonyl (C=O) groups is 4. The Kier molecular flexibility index (Phi) is 104. The van der Waals surface area contributed by atoms with E-state index in [1.807, 2.05) is 0 Å². The number of esters is 4. The molecule has 0 aromatic heterocycles. The molecule has 0 aromatic rings. The van der Waals surface area contributed by atoms with Gasteiger partial charge in [0, 0.05) is 25.7 Å². The van der Waals surface area contributed by atoms with Crippen LogP contribution in [0.4, 0.5) is 0 Å². The molecule has 8 nitrogen and oxygen atoms in total. The highest BCUT2D eigenvalue weighted by molar-refractivity contribution is 5.70. The lowest BCUT2D eigenvalue weighted by atomic mass is 10.0. The molecule has 0 bridgehead atoms. The molecule has 0 radical (unpaired) electrons. The molecular weight excluding hydrogens is 1080 g/mol. The summed E-state index contributed by atoms with van der Waals surface area (Å²) in [6, 6.07) is 0. The van der Waals surface area contributed by atoms with Crippen molar-refractivity contribution in [2.24, 2.45) is 0 Å². The summed E-state index contributed by atoms with van der Waals surface area (Å²) in [7, 11) is 5.83. The van der Waals surface area contributed by atoms with Gasteiger partial charge in [-0.25, -0.2) is 0 Å². The van der Waals surface area contributed by atoms with E-state index >= 15 is 0 Å². The first-order valence-electron chi connectivity index (χ1n) is 35.4. The molecule has 0 N–H and O–H groups in total. The molecule has 8 heteroatoms. The van der Waals surface area contributed by atoms with Gasteiger partial charge in [0.1, 0.15) is 0 Å². The highest BCUT2D eigenvalue weighted by Gasteiger charge is 2.02. The van der Waals surface area contributed by atoms with E-state index in [1.54, 1.807) is 0 Å². The number of rotatable bonds is 58. The fraction of sp³-hybridized carbons (Fsp3) is 0.797. The van der Waals surface area contributed by atoms with Crippen molar-refractivity contribution < 1.29 is 38.1 Å². The Morgan fingerprint density at radius 2 is 0.379 bits per heavy atom. The third-order valence-corrected chi connectivity index (χ3v) is 14.9. The van der Waals surface area contributed by atoms with E-state index in [2.05, 4.69) is 120 Å².